The maximum Gasteiger partial charge on any atom is 0.341 e. The molecule has 1 amide bonds. The highest BCUT2D eigenvalue weighted by molar-refractivity contribution is 8.02. The molecule has 0 aliphatic carbocycles. The van der Waals surface area contributed by atoms with Gasteiger partial charge >= 0.3 is 5.97 Å². The van der Waals surface area contributed by atoms with Crippen molar-refractivity contribution in [1.29, 1.82) is 0 Å². The third-order valence-corrected chi connectivity index (χ3v) is 8.08. The summed E-state index contributed by atoms with van der Waals surface area (Å²) in [5, 5.41) is 14.3. The molecular formula is C22H24N4O3S3. The van der Waals surface area contributed by atoms with E-state index in [1.807, 2.05) is 42.6 Å². The first-order valence-corrected chi connectivity index (χ1v) is 13.0. The van der Waals surface area contributed by atoms with E-state index in [1.54, 1.807) is 6.92 Å². The van der Waals surface area contributed by atoms with E-state index in [0.717, 1.165) is 33.7 Å². The lowest BCUT2D eigenvalue weighted by Crippen LogP contribution is -2.23. The molecule has 0 radical (unpaired) electrons. The van der Waals surface area contributed by atoms with Crippen LogP contribution in [0.1, 0.15) is 37.0 Å². The van der Waals surface area contributed by atoms with Gasteiger partial charge in [-0.25, -0.2) is 4.79 Å². The lowest BCUT2D eigenvalue weighted by atomic mass is 10.0. The van der Waals surface area contributed by atoms with Crippen LogP contribution in [0.5, 0.6) is 0 Å². The van der Waals surface area contributed by atoms with Crippen molar-refractivity contribution >= 4 is 56.4 Å². The predicted molar refractivity (Wildman–Crippen MR) is 131 cm³/mol. The number of rotatable bonds is 8. The standard InChI is InChI=1S/C22H24N4O3S3/c1-3-29-20(28)17-16(15-9-5-4-6-10-15)13-30-19(17)23-18(27)14(2)31-22-25-24-21(32-22)26-11-7-8-12-26/h4-6,9-10,13-14H,3,7-8,11-12H2,1-2H3,(H,23,27). The van der Waals surface area contributed by atoms with Crippen molar-refractivity contribution < 1.29 is 14.3 Å². The lowest BCUT2D eigenvalue weighted by Gasteiger charge is -2.12. The summed E-state index contributed by atoms with van der Waals surface area (Å²) >= 11 is 4.21. The molecule has 1 aliphatic heterocycles. The number of aromatic nitrogens is 2. The molecule has 1 aliphatic rings. The zero-order chi connectivity index (χ0) is 22.5. The number of hydrogen-bond donors (Lipinski definition) is 1. The number of nitrogens with one attached hydrogen (secondary N) is 1. The van der Waals surface area contributed by atoms with Gasteiger partial charge in [-0.2, -0.15) is 0 Å². The third kappa shape index (κ3) is 5.13. The molecule has 1 atom stereocenters. The van der Waals surface area contributed by atoms with Crippen LogP contribution in [-0.2, 0) is 9.53 Å². The summed E-state index contributed by atoms with van der Waals surface area (Å²) < 4.78 is 6.03. The van der Waals surface area contributed by atoms with Crippen LogP contribution in [0.3, 0.4) is 0 Å². The summed E-state index contributed by atoms with van der Waals surface area (Å²) in [5.74, 6) is -0.637. The largest absolute Gasteiger partial charge is 0.462 e. The second kappa shape index (κ2) is 10.5. The highest BCUT2D eigenvalue weighted by Gasteiger charge is 2.25. The molecule has 1 N–H and O–H groups in total. The van der Waals surface area contributed by atoms with Gasteiger partial charge in [0.2, 0.25) is 11.0 Å². The third-order valence-electron chi connectivity index (χ3n) is 5.01. The minimum Gasteiger partial charge on any atom is -0.462 e. The maximum absolute atomic E-state index is 12.9. The molecule has 0 bridgehead atoms. The molecule has 4 rings (SSSR count). The van der Waals surface area contributed by atoms with Crippen LogP contribution in [0.15, 0.2) is 40.1 Å². The van der Waals surface area contributed by atoms with Crippen LogP contribution < -0.4 is 10.2 Å². The molecule has 1 saturated heterocycles. The molecule has 0 saturated carbocycles. The maximum atomic E-state index is 12.9. The normalized spacial score (nSPS) is 14.4. The Morgan fingerprint density at radius 1 is 1.22 bits per heavy atom. The predicted octanol–water partition coefficient (Wildman–Crippen LogP) is 5.16. The summed E-state index contributed by atoms with van der Waals surface area (Å²) in [6, 6.07) is 9.61. The molecule has 3 heterocycles. The monoisotopic (exact) mass is 488 g/mol. The Morgan fingerprint density at radius 2 is 1.97 bits per heavy atom. The number of nitrogens with zero attached hydrogens (tertiary/aromatic N) is 3. The first-order chi connectivity index (χ1) is 15.6. The van der Waals surface area contributed by atoms with Gasteiger partial charge in [0.05, 0.1) is 11.9 Å². The van der Waals surface area contributed by atoms with Crippen LogP contribution in [0.4, 0.5) is 10.1 Å². The highest BCUT2D eigenvalue weighted by atomic mass is 32.2. The van der Waals surface area contributed by atoms with Gasteiger partial charge < -0.3 is 15.0 Å². The van der Waals surface area contributed by atoms with Crippen molar-refractivity contribution in [2.75, 3.05) is 29.9 Å². The number of ether oxygens (including phenoxy) is 1. The quantitative estimate of drug-likeness (QED) is 0.346. The van der Waals surface area contributed by atoms with E-state index in [2.05, 4.69) is 20.4 Å². The molecule has 3 aromatic rings. The highest BCUT2D eigenvalue weighted by Crippen LogP contribution is 2.37. The number of esters is 1. The van der Waals surface area contributed by atoms with Crippen LogP contribution in [-0.4, -0.2) is 47.0 Å². The molecular weight excluding hydrogens is 464 g/mol. The fourth-order valence-electron chi connectivity index (χ4n) is 3.39. The number of amides is 1. The van der Waals surface area contributed by atoms with Gasteiger partial charge in [0, 0.05) is 24.0 Å². The second-order valence-corrected chi connectivity index (χ2v) is 10.7. The summed E-state index contributed by atoms with van der Waals surface area (Å²) in [7, 11) is 0. The Labute approximate surface area is 199 Å². The second-order valence-electron chi connectivity index (χ2n) is 7.23. The minimum absolute atomic E-state index is 0.195. The average Bonchev–Trinajstić information content (AvgIpc) is 3.55. The van der Waals surface area contributed by atoms with Crippen LogP contribution in [0, 0.1) is 0 Å². The smallest absolute Gasteiger partial charge is 0.341 e. The lowest BCUT2D eigenvalue weighted by molar-refractivity contribution is -0.115. The van der Waals surface area contributed by atoms with E-state index in [0.29, 0.717) is 10.6 Å². The van der Waals surface area contributed by atoms with Crippen molar-refractivity contribution in [1.82, 2.24) is 10.2 Å². The topological polar surface area (TPSA) is 84.4 Å². The average molecular weight is 489 g/mol. The molecule has 168 valence electrons. The SMILES string of the molecule is CCOC(=O)c1c(-c2ccccc2)csc1NC(=O)C(C)Sc1nnc(N2CCCC2)s1. The van der Waals surface area contributed by atoms with Crippen LogP contribution in [0.25, 0.3) is 11.1 Å². The summed E-state index contributed by atoms with van der Waals surface area (Å²) in [5.41, 5.74) is 2.04. The van der Waals surface area contributed by atoms with Gasteiger partial charge in [0.1, 0.15) is 10.6 Å². The van der Waals surface area contributed by atoms with Crippen molar-refractivity contribution in [3.8, 4) is 11.1 Å². The van der Waals surface area contributed by atoms with Gasteiger partial charge in [-0.15, -0.1) is 21.5 Å². The van der Waals surface area contributed by atoms with Gasteiger partial charge in [0.25, 0.3) is 0 Å². The van der Waals surface area contributed by atoms with Gasteiger partial charge in [-0.05, 0) is 32.3 Å². The minimum atomic E-state index is -0.442. The molecule has 1 fully saturated rings. The van der Waals surface area contributed by atoms with E-state index < -0.39 is 11.2 Å². The molecule has 7 nitrogen and oxygen atoms in total. The molecule has 32 heavy (non-hydrogen) atoms. The van der Waals surface area contributed by atoms with Gasteiger partial charge in [0.15, 0.2) is 4.34 Å². The Kier molecular flexibility index (Phi) is 7.44. The Morgan fingerprint density at radius 3 is 2.69 bits per heavy atom. The number of benzene rings is 1. The zero-order valence-corrected chi connectivity index (χ0v) is 20.3. The number of thioether (sulfide) groups is 1. The van der Waals surface area contributed by atoms with Crippen molar-refractivity contribution in [2.24, 2.45) is 0 Å². The Hall–Kier alpha value is -2.43. The zero-order valence-electron chi connectivity index (χ0n) is 17.9. The molecule has 1 aromatic carbocycles. The number of carbonyl (C=O) groups is 2. The van der Waals surface area contributed by atoms with Gasteiger partial charge in [-0.3, -0.25) is 4.79 Å². The summed E-state index contributed by atoms with van der Waals surface area (Å²) in [6.07, 6.45) is 2.35. The van der Waals surface area contributed by atoms with Crippen molar-refractivity contribution in [2.45, 2.75) is 36.3 Å². The summed E-state index contributed by atoms with van der Waals surface area (Å²) in [4.78, 5) is 27.9. The number of thiophene rings is 1. The number of hydrogen-bond acceptors (Lipinski definition) is 9. The number of carbonyl (C=O) groups excluding carboxylic acids is 2. The fourth-order valence-corrected chi connectivity index (χ4v) is 6.39. The van der Waals surface area contributed by atoms with E-state index in [-0.39, 0.29) is 12.5 Å². The van der Waals surface area contributed by atoms with Crippen molar-refractivity contribution in [3.63, 3.8) is 0 Å². The molecule has 10 heteroatoms. The molecule has 0 spiro atoms. The van der Waals surface area contributed by atoms with E-state index in [9.17, 15) is 9.59 Å². The first kappa shape index (κ1) is 22.8. The van der Waals surface area contributed by atoms with Gasteiger partial charge in [-0.1, -0.05) is 53.4 Å². The van der Waals surface area contributed by atoms with Crippen LogP contribution >= 0.6 is 34.4 Å². The Bertz CT molecular complexity index is 1080. The van der Waals surface area contributed by atoms with Crippen LogP contribution in [0.2, 0.25) is 0 Å². The van der Waals surface area contributed by atoms with E-state index in [4.69, 9.17) is 4.74 Å². The fraction of sp³-hybridized carbons (Fsp3) is 0.364. The summed E-state index contributed by atoms with van der Waals surface area (Å²) in [6.45, 7) is 5.87. The first-order valence-electron chi connectivity index (χ1n) is 10.5. The number of anilines is 2. The molecule has 2 aromatic heterocycles. The molecule has 1 unspecified atom stereocenters. The Balaban J connectivity index is 1.48. The van der Waals surface area contributed by atoms with E-state index >= 15 is 0 Å². The van der Waals surface area contributed by atoms with Crippen molar-refractivity contribution in [3.05, 3.63) is 41.3 Å². The van der Waals surface area contributed by atoms with E-state index in [1.165, 1.54) is 47.3 Å².